The molecule has 1 rings (SSSR count). The Bertz CT molecular complexity index is 126. The molecule has 1 fully saturated rings. The molecule has 0 aliphatic heterocycles. The number of nitrogens with one attached hydrogen (secondary N) is 1. The van der Waals surface area contributed by atoms with Crippen molar-refractivity contribution in [3.63, 3.8) is 0 Å². The highest BCUT2D eigenvalue weighted by atomic mass is 14.9. The molecule has 1 aliphatic rings. The van der Waals surface area contributed by atoms with Gasteiger partial charge in [0, 0.05) is 11.6 Å². The first-order valence-corrected chi connectivity index (χ1v) is 5.15. The summed E-state index contributed by atoms with van der Waals surface area (Å²) >= 11 is 0. The van der Waals surface area contributed by atoms with Gasteiger partial charge in [-0.25, -0.2) is 0 Å². The Morgan fingerprint density at radius 3 is 2.42 bits per heavy atom. The molecule has 2 nitrogen and oxygen atoms in total. The highest BCUT2D eigenvalue weighted by molar-refractivity contribution is 4.89. The van der Waals surface area contributed by atoms with Gasteiger partial charge < -0.3 is 11.1 Å². The fourth-order valence-electron chi connectivity index (χ4n) is 1.94. The molecule has 0 aromatic heterocycles. The molecule has 0 radical (unpaired) electrons. The van der Waals surface area contributed by atoms with Crippen LogP contribution in [-0.2, 0) is 0 Å². The van der Waals surface area contributed by atoms with Crippen molar-refractivity contribution in [3.8, 4) is 0 Å². The van der Waals surface area contributed by atoms with Gasteiger partial charge in [0.15, 0.2) is 0 Å². The first-order chi connectivity index (χ1) is 5.62. The first-order valence-electron chi connectivity index (χ1n) is 5.15. The van der Waals surface area contributed by atoms with Crippen LogP contribution in [0.25, 0.3) is 0 Å². The molecule has 0 spiro atoms. The average Bonchev–Trinajstić information content (AvgIpc) is 2.35. The van der Waals surface area contributed by atoms with Crippen LogP contribution in [0.4, 0.5) is 0 Å². The zero-order chi connectivity index (χ0) is 9.03. The molecule has 72 valence electrons. The number of nitrogens with two attached hydrogens (primary N) is 1. The van der Waals surface area contributed by atoms with Gasteiger partial charge in [0.05, 0.1) is 0 Å². The van der Waals surface area contributed by atoms with E-state index in [1.807, 2.05) is 0 Å². The lowest BCUT2D eigenvalue weighted by Gasteiger charge is -2.24. The zero-order valence-corrected chi connectivity index (χ0v) is 8.40. The molecule has 0 saturated heterocycles. The number of hydrogen-bond acceptors (Lipinski definition) is 2. The summed E-state index contributed by atoms with van der Waals surface area (Å²) in [5, 5.41) is 3.42. The van der Waals surface area contributed by atoms with Crippen LogP contribution in [0, 0.1) is 0 Å². The maximum Gasteiger partial charge on any atom is 0.0166 e. The van der Waals surface area contributed by atoms with Gasteiger partial charge in [-0.05, 0) is 25.8 Å². The smallest absolute Gasteiger partial charge is 0.0166 e. The summed E-state index contributed by atoms with van der Waals surface area (Å²) in [7, 11) is 0. The molecule has 0 atom stereocenters. The molecule has 0 aromatic rings. The first kappa shape index (κ1) is 10.0. The molecule has 12 heavy (non-hydrogen) atoms. The fourth-order valence-corrected chi connectivity index (χ4v) is 1.94. The minimum atomic E-state index is 0.169. The van der Waals surface area contributed by atoms with Gasteiger partial charge in [0.25, 0.3) is 0 Å². The normalized spacial score (nSPS) is 22.0. The van der Waals surface area contributed by atoms with Crippen LogP contribution in [-0.4, -0.2) is 18.1 Å². The van der Waals surface area contributed by atoms with Crippen LogP contribution in [0.3, 0.4) is 0 Å². The predicted octanol–water partition coefficient (Wildman–Crippen LogP) is 1.65. The SMILES string of the molecule is CC(C)NCCC1(N)CCCC1. The minimum Gasteiger partial charge on any atom is -0.325 e. The Morgan fingerprint density at radius 1 is 1.33 bits per heavy atom. The highest BCUT2D eigenvalue weighted by Crippen LogP contribution is 2.29. The Balaban J connectivity index is 2.13. The van der Waals surface area contributed by atoms with Gasteiger partial charge in [-0.2, -0.15) is 0 Å². The summed E-state index contributed by atoms with van der Waals surface area (Å²) in [5.74, 6) is 0. The Kier molecular flexibility index (Phi) is 3.53. The van der Waals surface area contributed by atoms with Crippen LogP contribution < -0.4 is 11.1 Å². The lowest BCUT2D eigenvalue weighted by atomic mass is 9.95. The van der Waals surface area contributed by atoms with E-state index in [0.29, 0.717) is 6.04 Å². The third-order valence-electron chi connectivity index (χ3n) is 2.77. The molecule has 1 saturated carbocycles. The van der Waals surface area contributed by atoms with Gasteiger partial charge in [0.1, 0.15) is 0 Å². The topological polar surface area (TPSA) is 38.0 Å². The summed E-state index contributed by atoms with van der Waals surface area (Å²) < 4.78 is 0. The van der Waals surface area contributed by atoms with Crippen molar-refractivity contribution in [3.05, 3.63) is 0 Å². The summed E-state index contributed by atoms with van der Waals surface area (Å²) in [6, 6.07) is 0.593. The monoisotopic (exact) mass is 170 g/mol. The van der Waals surface area contributed by atoms with E-state index < -0.39 is 0 Å². The largest absolute Gasteiger partial charge is 0.325 e. The Morgan fingerprint density at radius 2 is 1.92 bits per heavy atom. The minimum absolute atomic E-state index is 0.169. The summed E-state index contributed by atoms with van der Waals surface area (Å²) in [5.41, 5.74) is 6.37. The van der Waals surface area contributed by atoms with Crippen molar-refractivity contribution in [1.82, 2.24) is 5.32 Å². The third kappa shape index (κ3) is 3.11. The second kappa shape index (κ2) is 4.24. The van der Waals surface area contributed by atoms with Gasteiger partial charge >= 0.3 is 0 Å². The fraction of sp³-hybridized carbons (Fsp3) is 1.00. The summed E-state index contributed by atoms with van der Waals surface area (Å²) in [6.07, 6.45) is 6.26. The second-order valence-corrected chi connectivity index (χ2v) is 4.43. The van der Waals surface area contributed by atoms with Crippen LogP contribution in [0.15, 0.2) is 0 Å². The van der Waals surface area contributed by atoms with E-state index in [2.05, 4.69) is 19.2 Å². The molecule has 3 N–H and O–H groups in total. The van der Waals surface area contributed by atoms with Crippen molar-refractivity contribution in [2.45, 2.75) is 57.5 Å². The van der Waals surface area contributed by atoms with Gasteiger partial charge in [-0.15, -0.1) is 0 Å². The van der Waals surface area contributed by atoms with E-state index in [4.69, 9.17) is 5.73 Å². The maximum atomic E-state index is 6.21. The molecular weight excluding hydrogens is 148 g/mol. The van der Waals surface area contributed by atoms with E-state index in [9.17, 15) is 0 Å². The second-order valence-electron chi connectivity index (χ2n) is 4.43. The quantitative estimate of drug-likeness (QED) is 0.673. The molecule has 0 bridgehead atoms. The van der Waals surface area contributed by atoms with E-state index in [0.717, 1.165) is 13.0 Å². The molecule has 1 aliphatic carbocycles. The Labute approximate surface area is 75.9 Å². The maximum absolute atomic E-state index is 6.21. The lowest BCUT2D eigenvalue weighted by Crippen LogP contribution is -2.40. The van der Waals surface area contributed by atoms with Crippen LogP contribution in [0.1, 0.15) is 46.0 Å². The predicted molar refractivity (Wildman–Crippen MR) is 53.1 cm³/mol. The molecule has 0 unspecified atom stereocenters. The molecule has 0 amide bonds. The Hall–Kier alpha value is -0.0800. The molecule has 0 aromatic carbocycles. The van der Waals surface area contributed by atoms with Crippen molar-refractivity contribution in [2.24, 2.45) is 5.73 Å². The van der Waals surface area contributed by atoms with Gasteiger partial charge in [-0.3, -0.25) is 0 Å². The zero-order valence-electron chi connectivity index (χ0n) is 8.40. The third-order valence-corrected chi connectivity index (χ3v) is 2.77. The standard InChI is InChI=1S/C10H22N2/c1-9(2)12-8-7-10(11)5-3-4-6-10/h9,12H,3-8,11H2,1-2H3. The highest BCUT2D eigenvalue weighted by Gasteiger charge is 2.28. The average molecular weight is 170 g/mol. The van der Waals surface area contributed by atoms with E-state index in [-0.39, 0.29) is 5.54 Å². The van der Waals surface area contributed by atoms with Crippen molar-refractivity contribution in [1.29, 1.82) is 0 Å². The van der Waals surface area contributed by atoms with Crippen LogP contribution in [0.5, 0.6) is 0 Å². The van der Waals surface area contributed by atoms with Crippen LogP contribution >= 0.6 is 0 Å². The number of hydrogen-bond donors (Lipinski definition) is 2. The van der Waals surface area contributed by atoms with E-state index in [1.54, 1.807) is 0 Å². The van der Waals surface area contributed by atoms with Gasteiger partial charge in [-0.1, -0.05) is 26.7 Å². The van der Waals surface area contributed by atoms with Crippen LogP contribution in [0.2, 0.25) is 0 Å². The van der Waals surface area contributed by atoms with Gasteiger partial charge in [0.2, 0.25) is 0 Å². The van der Waals surface area contributed by atoms with E-state index >= 15 is 0 Å². The molecule has 0 heterocycles. The summed E-state index contributed by atoms with van der Waals surface area (Å²) in [4.78, 5) is 0. The summed E-state index contributed by atoms with van der Waals surface area (Å²) in [6.45, 7) is 5.43. The molecular formula is C10H22N2. The molecule has 2 heteroatoms. The lowest BCUT2D eigenvalue weighted by molar-refractivity contribution is 0.386. The van der Waals surface area contributed by atoms with Crippen molar-refractivity contribution in [2.75, 3.05) is 6.54 Å². The van der Waals surface area contributed by atoms with E-state index in [1.165, 1.54) is 25.7 Å². The number of rotatable bonds is 4. The van der Waals surface area contributed by atoms with Crippen molar-refractivity contribution < 1.29 is 0 Å². The van der Waals surface area contributed by atoms with Crippen molar-refractivity contribution >= 4 is 0 Å².